The van der Waals surface area contributed by atoms with Gasteiger partial charge in [-0.1, -0.05) is 13.8 Å². The van der Waals surface area contributed by atoms with Gasteiger partial charge in [-0.15, -0.1) is 0 Å². The molecule has 0 aliphatic carbocycles. The first kappa shape index (κ1) is 20.2. The molecule has 1 atom stereocenters. The van der Waals surface area contributed by atoms with E-state index in [1.807, 2.05) is 27.7 Å². The van der Waals surface area contributed by atoms with E-state index in [0.717, 1.165) is 15.8 Å². The van der Waals surface area contributed by atoms with Crippen LogP contribution in [0.1, 0.15) is 64.6 Å². The first-order valence-corrected chi connectivity index (χ1v) is 9.84. The molecular formula is C18H28IN3O3. The van der Waals surface area contributed by atoms with Gasteiger partial charge in [0.25, 0.3) is 0 Å². The number of ether oxygens (including phenoxy) is 1. The number of hydrogen-bond donors (Lipinski definition) is 0. The lowest BCUT2D eigenvalue weighted by Crippen LogP contribution is -2.44. The highest BCUT2D eigenvalue weighted by molar-refractivity contribution is 14.1. The molecule has 1 amide bonds. The molecule has 0 bridgehead atoms. The van der Waals surface area contributed by atoms with E-state index in [1.54, 1.807) is 9.58 Å². The summed E-state index contributed by atoms with van der Waals surface area (Å²) in [5.74, 6) is 0.375. The number of hydrogen-bond acceptors (Lipinski definition) is 4. The Morgan fingerprint density at radius 2 is 2.00 bits per heavy atom. The number of carbonyl (C=O) groups is 2. The van der Waals surface area contributed by atoms with E-state index in [2.05, 4.69) is 41.5 Å². The molecular weight excluding hydrogens is 433 g/mol. The molecule has 2 heterocycles. The zero-order chi connectivity index (χ0) is 18.9. The van der Waals surface area contributed by atoms with Crippen LogP contribution in [0.5, 0.6) is 0 Å². The van der Waals surface area contributed by atoms with E-state index in [-0.39, 0.29) is 12.3 Å². The fourth-order valence-corrected chi connectivity index (χ4v) is 4.51. The molecule has 0 spiro atoms. The predicted molar refractivity (Wildman–Crippen MR) is 105 cm³/mol. The molecule has 1 aromatic heterocycles. The maximum Gasteiger partial charge on any atom is 0.410 e. The second kappa shape index (κ2) is 7.63. The van der Waals surface area contributed by atoms with Gasteiger partial charge in [-0.3, -0.25) is 14.4 Å². The number of nitrogens with zero attached hydrogens (tertiary/aromatic N) is 3. The number of halogens is 1. The third kappa shape index (κ3) is 4.74. The molecule has 25 heavy (non-hydrogen) atoms. The smallest absolute Gasteiger partial charge is 0.410 e. The molecule has 140 valence electrons. The standard InChI is InChI=1S/C18H28IN3O3/c1-11(2)15-12(3)20-22(16(15)19)10-14(23)13-8-7-9-21(13)17(24)25-18(4,5)6/h11,13H,7-10H2,1-6H3. The number of amides is 1. The van der Waals surface area contributed by atoms with E-state index < -0.39 is 17.7 Å². The third-order valence-electron chi connectivity index (χ3n) is 4.24. The maximum absolute atomic E-state index is 12.8. The van der Waals surface area contributed by atoms with Gasteiger partial charge in [0.15, 0.2) is 5.78 Å². The number of Topliss-reactive ketones (excluding diaryl/α,β-unsaturated/α-hetero) is 1. The Morgan fingerprint density at radius 1 is 1.36 bits per heavy atom. The van der Waals surface area contributed by atoms with Crippen LogP contribution in [0.3, 0.4) is 0 Å². The number of carbonyl (C=O) groups excluding carboxylic acids is 2. The van der Waals surface area contributed by atoms with Crippen LogP contribution in [0.25, 0.3) is 0 Å². The van der Waals surface area contributed by atoms with Gasteiger partial charge in [0.1, 0.15) is 15.8 Å². The number of likely N-dealkylation sites (tertiary alicyclic amines) is 1. The third-order valence-corrected chi connectivity index (χ3v) is 5.38. The minimum absolute atomic E-state index is 0.0130. The molecule has 0 aromatic carbocycles. The molecule has 0 N–H and O–H groups in total. The summed E-state index contributed by atoms with van der Waals surface area (Å²) in [6, 6.07) is -0.419. The molecule has 1 saturated heterocycles. The molecule has 1 aromatic rings. The zero-order valence-corrected chi connectivity index (χ0v) is 18.1. The van der Waals surface area contributed by atoms with E-state index in [9.17, 15) is 9.59 Å². The number of aromatic nitrogens is 2. The fourth-order valence-electron chi connectivity index (χ4n) is 3.22. The highest BCUT2D eigenvalue weighted by atomic mass is 127. The molecule has 1 fully saturated rings. The van der Waals surface area contributed by atoms with Gasteiger partial charge in [0.2, 0.25) is 0 Å². The summed E-state index contributed by atoms with van der Waals surface area (Å²) in [6.07, 6.45) is 1.10. The molecule has 1 unspecified atom stereocenters. The Bertz CT molecular complexity index is 661. The van der Waals surface area contributed by atoms with Crippen molar-refractivity contribution >= 4 is 34.5 Å². The summed E-state index contributed by atoms with van der Waals surface area (Å²) in [6.45, 7) is 12.5. The number of ketones is 1. The minimum atomic E-state index is -0.562. The monoisotopic (exact) mass is 461 g/mol. The predicted octanol–water partition coefficient (Wildman–Crippen LogP) is 3.89. The molecule has 1 aliphatic rings. The number of aryl methyl sites for hydroxylation is 1. The van der Waals surface area contributed by atoms with Gasteiger partial charge in [0, 0.05) is 12.1 Å². The van der Waals surface area contributed by atoms with Gasteiger partial charge < -0.3 is 4.74 Å². The second-order valence-electron chi connectivity index (χ2n) is 7.90. The van der Waals surface area contributed by atoms with Crippen LogP contribution < -0.4 is 0 Å². The van der Waals surface area contributed by atoms with Crippen molar-refractivity contribution in [3.05, 3.63) is 15.0 Å². The van der Waals surface area contributed by atoms with Crippen molar-refractivity contribution in [3.8, 4) is 0 Å². The van der Waals surface area contributed by atoms with Crippen molar-refractivity contribution in [2.24, 2.45) is 0 Å². The maximum atomic E-state index is 12.8. The molecule has 2 rings (SSSR count). The zero-order valence-electron chi connectivity index (χ0n) is 15.9. The number of rotatable bonds is 4. The van der Waals surface area contributed by atoms with Gasteiger partial charge >= 0.3 is 6.09 Å². The van der Waals surface area contributed by atoms with Gasteiger partial charge in [-0.25, -0.2) is 4.79 Å². The molecule has 7 heteroatoms. The Kier molecular flexibility index (Phi) is 6.17. The average molecular weight is 461 g/mol. The Morgan fingerprint density at radius 3 is 2.52 bits per heavy atom. The summed E-state index contributed by atoms with van der Waals surface area (Å²) in [5, 5.41) is 4.53. The highest BCUT2D eigenvalue weighted by Gasteiger charge is 2.36. The quantitative estimate of drug-likeness (QED) is 0.639. The van der Waals surface area contributed by atoms with Crippen molar-refractivity contribution < 1.29 is 14.3 Å². The van der Waals surface area contributed by atoms with Gasteiger partial charge in [0.05, 0.1) is 11.7 Å². The van der Waals surface area contributed by atoms with E-state index in [0.29, 0.717) is 18.9 Å². The van der Waals surface area contributed by atoms with Crippen LogP contribution in [0.4, 0.5) is 4.79 Å². The molecule has 0 saturated carbocycles. The molecule has 0 radical (unpaired) electrons. The average Bonchev–Trinajstić information content (AvgIpc) is 3.02. The molecule has 1 aliphatic heterocycles. The summed E-state index contributed by atoms with van der Waals surface area (Å²) in [7, 11) is 0. The van der Waals surface area contributed by atoms with E-state index in [1.165, 1.54) is 5.56 Å². The van der Waals surface area contributed by atoms with E-state index in [4.69, 9.17) is 4.74 Å². The van der Waals surface area contributed by atoms with Gasteiger partial charge in [-0.2, -0.15) is 5.10 Å². The molecule has 6 nitrogen and oxygen atoms in total. The highest BCUT2D eigenvalue weighted by Crippen LogP contribution is 2.26. The lowest BCUT2D eigenvalue weighted by atomic mass is 10.1. The van der Waals surface area contributed by atoms with Crippen LogP contribution >= 0.6 is 22.6 Å². The summed E-state index contributed by atoms with van der Waals surface area (Å²) >= 11 is 2.25. The summed E-state index contributed by atoms with van der Waals surface area (Å²) < 4.78 is 8.20. The van der Waals surface area contributed by atoms with Crippen molar-refractivity contribution in [2.75, 3.05) is 6.54 Å². The first-order chi connectivity index (χ1) is 11.5. The topological polar surface area (TPSA) is 64.4 Å². The second-order valence-corrected chi connectivity index (χ2v) is 8.92. The van der Waals surface area contributed by atoms with Crippen molar-refractivity contribution in [2.45, 2.75) is 78.5 Å². The first-order valence-electron chi connectivity index (χ1n) is 8.76. The lowest BCUT2D eigenvalue weighted by Gasteiger charge is -2.28. The van der Waals surface area contributed by atoms with Crippen LogP contribution in [0.15, 0.2) is 0 Å². The minimum Gasteiger partial charge on any atom is -0.444 e. The Balaban J connectivity index is 2.12. The van der Waals surface area contributed by atoms with Crippen molar-refractivity contribution in [3.63, 3.8) is 0 Å². The summed E-state index contributed by atoms with van der Waals surface area (Å²) in [4.78, 5) is 26.8. The van der Waals surface area contributed by atoms with Gasteiger partial charge in [-0.05, 0) is 69.0 Å². The van der Waals surface area contributed by atoms with Crippen LogP contribution in [-0.4, -0.2) is 44.7 Å². The van der Waals surface area contributed by atoms with E-state index >= 15 is 0 Å². The van der Waals surface area contributed by atoms with Crippen LogP contribution in [0.2, 0.25) is 0 Å². The van der Waals surface area contributed by atoms with Crippen LogP contribution in [0, 0.1) is 10.6 Å². The fraction of sp³-hybridized carbons (Fsp3) is 0.722. The summed E-state index contributed by atoms with van der Waals surface area (Å²) in [5.41, 5.74) is 1.58. The van der Waals surface area contributed by atoms with Crippen LogP contribution in [-0.2, 0) is 16.1 Å². The largest absolute Gasteiger partial charge is 0.444 e. The van der Waals surface area contributed by atoms with Crippen molar-refractivity contribution in [1.29, 1.82) is 0 Å². The Labute approximate surface area is 163 Å². The Hall–Kier alpha value is -1.12. The normalized spacial score (nSPS) is 18.1. The van der Waals surface area contributed by atoms with Crippen molar-refractivity contribution in [1.82, 2.24) is 14.7 Å². The SMILES string of the molecule is Cc1nn(CC(=O)C2CCCN2C(=O)OC(C)(C)C)c(I)c1C(C)C. The lowest BCUT2D eigenvalue weighted by molar-refractivity contribution is -0.124.